The van der Waals surface area contributed by atoms with Gasteiger partial charge in [0.15, 0.2) is 0 Å². The number of hydrogen-bond donors (Lipinski definition) is 1. The van der Waals surface area contributed by atoms with Crippen LogP contribution in [0, 0.1) is 13.8 Å². The number of amides is 2. The highest BCUT2D eigenvalue weighted by Crippen LogP contribution is 2.24. The van der Waals surface area contributed by atoms with Crippen LogP contribution in [-0.2, 0) is 9.59 Å². The van der Waals surface area contributed by atoms with E-state index >= 15 is 0 Å². The van der Waals surface area contributed by atoms with Crippen molar-refractivity contribution < 1.29 is 9.59 Å². The van der Waals surface area contributed by atoms with E-state index in [0.29, 0.717) is 22.3 Å². The van der Waals surface area contributed by atoms with Crippen molar-refractivity contribution >= 4 is 46.4 Å². The summed E-state index contributed by atoms with van der Waals surface area (Å²) >= 11 is 11.9. The fourth-order valence-corrected chi connectivity index (χ4v) is 3.05. The lowest BCUT2D eigenvalue weighted by molar-refractivity contribution is -0.117. The van der Waals surface area contributed by atoms with E-state index < -0.39 is 0 Å². The minimum Gasteiger partial charge on any atom is -0.326 e. The zero-order valence-electron chi connectivity index (χ0n) is 14.4. The van der Waals surface area contributed by atoms with Crippen molar-refractivity contribution in [1.29, 1.82) is 0 Å². The summed E-state index contributed by atoms with van der Waals surface area (Å²) in [5.74, 6) is -0.317. The van der Waals surface area contributed by atoms with Gasteiger partial charge in [-0.05, 0) is 49.2 Å². The van der Waals surface area contributed by atoms with Crippen LogP contribution in [0.3, 0.4) is 0 Å². The van der Waals surface area contributed by atoms with Crippen LogP contribution in [0.5, 0.6) is 0 Å². The molecule has 6 heteroatoms. The van der Waals surface area contributed by atoms with E-state index in [-0.39, 0.29) is 18.2 Å². The third-order valence-electron chi connectivity index (χ3n) is 3.74. The lowest BCUT2D eigenvalue weighted by atomic mass is 10.1. The summed E-state index contributed by atoms with van der Waals surface area (Å²) in [5.41, 5.74) is 3.41. The monoisotopic (exact) mass is 378 g/mol. The van der Waals surface area contributed by atoms with Gasteiger partial charge in [-0.15, -0.1) is 0 Å². The minimum atomic E-state index is -0.213. The maximum Gasteiger partial charge on any atom is 0.226 e. The van der Waals surface area contributed by atoms with E-state index in [2.05, 4.69) is 5.32 Å². The molecule has 0 saturated heterocycles. The van der Waals surface area contributed by atoms with E-state index in [0.717, 1.165) is 16.8 Å². The Balaban J connectivity index is 2.07. The Kier molecular flexibility index (Phi) is 6.45. The lowest BCUT2D eigenvalue weighted by Crippen LogP contribution is -2.32. The van der Waals surface area contributed by atoms with Crippen molar-refractivity contribution in [2.45, 2.75) is 27.2 Å². The van der Waals surface area contributed by atoms with Gasteiger partial charge in [0, 0.05) is 41.3 Å². The van der Waals surface area contributed by atoms with Crippen molar-refractivity contribution in [2.24, 2.45) is 0 Å². The Morgan fingerprint density at radius 2 is 1.68 bits per heavy atom. The highest BCUT2D eigenvalue weighted by Gasteiger charge is 2.16. The van der Waals surface area contributed by atoms with Gasteiger partial charge in [0.2, 0.25) is 11.8 Å². The third kappa shape index (κ3) is 5.48. The Hall–Kier alpha value is -2.04. The fourth-order valence-electron chi connectivity index (χ4n) is 2.52. The number of carbonyl (C=O) groups is 2. The molecule has 1 N–H and O–H groups in total. The summed E-state index contributed by atoms with van der Waals surface area (Å²) in [5, 5.41) is 3.64. The van der Waals surface area contributed by atoms with Crippen molar-refractivity contribution in [1.82, 2.24) is 0 Å². The first kappa shape index (κ1) is 19.3. The molecule has 2 aromatic rings. The molecule has 2 aromatic carbocycles. The second-order valence-electron chi connectivity index (χ2n) is 5.92. The zero-order valence-corrected chi connectivity index (χ0v) is 15.9. The van der Waals surface area contributed by atoms with E-state index in [1.165, 1.54) is 6.92 Å². The van der Waals surface area contributed by atoms with Crippen LogP contribution in [0.15, 0.2) is 36.4 Å². The number of rotatable bonds is 5. The predicted molar refractivity (Wildman–Crippen MR) is 104 cm³/mol. The van der Waals surface area contributed by atoms with Crippen LogP contribution >= 0.6 is 23.2 Å². The summed E-state index contributed by atoms with van der Waals surface area (Å²) in [6, 6.07) is 10.8. The Morgan fingerprint density at radius 1 is 1.04 bits per heavy atom. The molecule has 0 aromatic heterocycles. The van der Waals surface area contributed by atoms with Gasteiger partial charge < -0.3 is 10.2 Å². The average Bonchev–Trinajstić information content (AvgIpc) is 2.49. The van der Waals surface area contributed by atoms with E-state index in [1.54, 1.807) is 23.1 Å². The van der Waals surface area contributed by atoms with E-state index in [9.17, 15) is 9.59 Å². The smallest absolute Gasteiger partial charge is 0.226 e. The van der Waals surface area contributed by atoms with Crippen LogP contribution in [0.4, 0.5) is 11.4 Å². The molecule has 25 heavy (non-hydrogen) atoms. The van der Waals surface area contributed by atoms with Crippen molar-refractivity contribution in [3.63, 3.8) is 0 Å². The molecule has 0 fully saturated rings. The molecule has 0 bridgehead atoms. The maximum absolute atomic E-state index is 12.2. The van der Waals surface area contributed by atoms with E-state index in [4.69, 9.17) is 23.2 Å². The Bertz CT molecular complexity index is 786. The molecule has 0 unspecified atom stereocenters. The SMILES string of the molecule is CC(=O)N(CCC(=O)Nc1cc(Cl)cc(Cl)c1)c1cc(C)ccc1C. The fraction of sp³-hybridized carbons (Fsp3) is 0.263. The lowest BCUT2D eigenvalue weighted by Gasteiger charge is -2.23. The normalized spacial score (nSPS) is 10.4. The number of hydrogen-bond acceptors (Lipinski definition) is 2. The molecule has 0 radical (unpaired) electrons. The van der Waals surface area contributed by atoms with Gasteiger partial charge in [-0.3, -0.25) is 9.59 Å². The number of nitrogens with one attached hydrogen (secondary N) is 1. The summed E-state index contributed by atoms with van der Waals surface area (Å²) in [7, 11) is 0. The van der Waals surface area contributed by atoms with Gasteiger partial charge in [-0.2, -0.15) is 0 Å². The third-order valence-corrected chi connectivity index (χ3v) is 4.18. The number of benzene rings is 2. The first-order chi connectivity index (χ1) is 11.8. The number of aryl methyl sites for hydroxylation is 2. The topological polar surface area (TPSA) is 49.4 Å². The Labute approximate surface area is 157 Å². The first-order valence-corrected chi connectivity index (χ1v) is 8.63. The predicted octanol–water partition coefficient (Wildman–Crippen LogP) is 4.99. The largest absolute Gasteiger partial charge is 0.326 e. The highest BCUT2D eigenvalue weighted by molar-refractivity contribution is 6.35. The molecule has 132 valence electrons. The molecule has 4 nitrogen and oxygen atoms in total. The van der Waals surface area contributed by atoms with Crippen LogP contribution in [-0.4, -0.2) is 18.4 Å². The molecule has 0 aliphatic carbocycles. The molecule has 0 heterocycles. The second kappa shape index (κ2) is 8.37. The van der Waals surface area contributed by atoms with Gasteiger partial charge >= 0.3 is 0 Å². The number of nitrogens with zero attached hydrogens (tertiary/aromatic N) is 1. The second-order valence-corrected chi connectivity index (χ2v) is 6.79. The van der Waals surface area contributed by atoms with Crippen molar-refractivity contribution in [2.75, 3.05) is 16.8 Å². The first-order valence-electron chi connectivity index (χ1n) is 7.87. The summed E-state index contributed by atoms with van der Waals surface area (Å²) in [4.78, 5) is 25.9. The molecular formula is C19H20Cl2N2O2. The zero-order chi connectivity index (χ0) is 18.6. The van der Waals surface area contributed by atoms with Gasteiger partial charge in [0.25, 0.3) is 0 Å². The maximum atomic E-state index is 12.2. The molecule has 0 aliphatic heterocycles. The molecule has 0 aliphatic rings. The quantitative estimate of drug-likeness (QED) is 0.796. The molecule has 2 rings (SSSR count). The van der Waals surface area contributed by atoms with Crippen molar-refractivity contribution in [3.8, 4) is 0 Å². The van der Waals surface area contributed by atoms with Gasteiger partial charge in [0.05, 0.1) is 0 Å². The number of carbonyl (C=O) groups excluding carboxylic acids is 2. The van der Waals surface area contributed by atoms with Gasteiger partial charge in [-0.1, -0.05) is 35.3 Å². The van der Waals surface area contributed by atoms with Gasteiger partial charge in [0.1, 0.15) is 0 Å². The summed E-state index contributed by atoms with van der Waals surface area (Å²) < 4.78 is 0. The van der Waals surface area contributed by atoms with Crippen LogP contribution in [0.1, 0.15) is 24.5 Å². The molecular weight excluding hydrogens is 359 g/mol. The number of anilines is 2. The molecule has 2 amide bonds. The average molecular weight is 379 g/mol. The van der Waals surface area contributed by atoms with Crippen LogP contribution in [0.25, 0.3) is 0 Å². The van der Waals surface area contributed by atoms with Crippen molar-refractivity contribution in [3.05, 3.63) is 57.6 Å². The standard InChI is InChI=1S/C19H20Cl2N2O2/c1-12-4-5-13(2)18(8-12)23(14(3)24)7-6-19(25)22-17-10-15(20)9-16(21)11-17/h4-5,8-11H,6-7H2,1-3H3,(H,22,25). The van der Waals surface area contributed by atoms with Gasteiger partial charge in [-0.25, -0.2) is 0 Å². The summed E-state index contributed by atoms with van der Waals surface area (Å²) in [6.45, 7) is 5.70. The number of halogens is 2. The molecule has 0 spiro atoms. The van der Waals surface area contributed by atoms with E-state index in [1.807, 2.05) is 32.0 Å². The summed E-state index contributed by atoms with van der Waals surface area (Å²) in [6.07, 6.45) is 0.164. The highest BCUT2D eigenvalue weighted by atomic mass is 35.5. The molecule has 0 atom stereocenters. The van der Waals surface area contributed by atoms with Crippen LogP contribution < -0.4 is 10.2 Å². The molecule has 0 saturated carbocycles. The Morgan fingerprint density at radius 3 is 2.28 bits per heavy atom. The van der Waals surface area contributed by atoms with Crippen LogP contribution in [0.2, 0.25) is 10.0 Å². The minimum absolute atomic E-state index is 0.104.